The molecule has 0 aliphatic carbocycles. The molecule has 0 saturated carbocycles. The van der Waals surface area contributed by atoms with Crippen molar-refractivity contribution in [2.75, 3.05) is 6.61 Å². The van der Waals surface area contributed by atoms with Crippen molar-refractivity contribution in [3.05, 3.63) is 84.5 Å². The Morgan fingerprint density at radius 2 is 1.72 bits per heavy atom. The average molecular weight is 441 g/mol. The highest BCUT2D eigenvalue weighted by molar-refractivity contribution is 5.79. The van der Waals surface area contributed by atoms with Gasteiger partial charge in [-0.2, -0.15) is 0 Å². The molecular weight excluding hydrogens is 406 g/mol. The molecule has 0 amide bonds. The maximum absolute atomic E-state index is 13.4. The lowest BCUT2D eigenvalue weighted by molar-refractivity contribution is 0.274. The Kier molecular flexibility index (Phi) is 9.82. The van der Waals surface area contributed by atoms with Crippen molar-refractivity contribution in [3.63, 3.8) is 0 Å². The van der Waals surface area contributed by atoms with E-state index in [2.05, 4.69) is 20.4 Å². The number of halogens is 2. The Bertz CT molecular complexity index is 949. The maximum atomic E-state index is 13.4. The molecule has 3 nitrogen and oxygen atoms in total. The van der Waals surface area contributed by atoms with Crippen molar-refractivity contribution >= 4 is 5.57 Å². The van der Waals surface area contributed by atoms with E-state index in [0.717, 1.165) is 35.1 Å². The monoisotopic (exact) mass is 440 g/mol. The van der Waals surface area contributed by atoms with Crippen LogP contribution in [0.2, 0.25) is 0 Å². The first-order chi connectivity index (χ1) is 15.2. The summed E-state index contributed by atoms with van der Waals surface area (Å²) in [6, 6.07) is 12.0. The van der Waals surface area contributed by atoms with Gasteiger partial charge in [-0.15, -0.1) is 0 Å². The predicted octanol–water partition coefficient (Wildman–Crippen LogP) is 6.41. The summed E-state index contributed by atoms with van der Waals surface area (Å²) in [6.07, 6.45) is 6.46. The first-order valence-corrected chi connectivity index (χ1v) is 10.9. The van der Waals surface area contributed by atoms with Crippen LogP contribution in [0.1, 0.15) is 39.2 Å². The van der Waals surface area contributed by atoms with Gasteiger partial charge in [-0.3, -0.25) is 0 Å². The van der Waals surface area contributed by atoms with Crippen LogP contribution >= 0.6 is 0 Å². The van der Waals surface area contributed by atoms with Crippen molar-refractivity contribution in [3.8, 4) is 16.9 Å². The average Bonchev–Trinajstić information content (AvgIpc) is 2.76. The number of ether oxygens (including phenoxy) is 1. The van der Waals surface area contributed by atoms with Gasteiger partial charge in [0.25, 0.3) is 0 Å². The van der Waals surface area contributed by atoms with Gasteiger partial charge in [0.1, 0.15) is 24.0 Å². The topological polar surface area (TPSA) is 61.3 Å². The van der Waals surface area contributed by atoms with E-state index in [1.54, 1.807) is 18.2 Å². The fourth-order valence-electron chi connectivity index (χ4n) is 3.22. The number of nitrogens with two attached hydrogens (primary N) is 2. The van der Waals surface area contributed by atoms with Crippen LogP contribution in [0.4, 0.5) is 8.78 Å². The molecule has 0 aliphatic heterocycles. The molecule has 4 N–H and O–H groups in total. The second kappa shape index (κ2) is 12.3. The highest BCUT2D eigenvalue weighted by Crippen LogP contribution is 2.30. The Morgan fingerprint density at radius 1 is 1.03 bits per heavy atom. The standard InChI is InChI=1S/C27H34F2N2O/c1-5-20(7-6-19(4)28)22-14-23(21-8-10-24(29)11-9-21)16-26(15-22)32-17-25(30)12-13-27(31)18(2)3/h5-11,14-16,18,25,27H,4,12-13,17,30-31H2,1-3H3/b7-6-,20-5+/t25-,27?/m0/s1. The van der Waals surface area contributed by atoms with E-state index in [4.69, 9.17) is 16.2 Å². The van der Waals surface area contributed by atoms with E-state index in [1.165, 1.54) is 18.2 Å². The Hall–Kier alpha value is -2.76. The Balaban J connectivity index is 2.27. The minimum absolute atomic E-state index is 0.115. The summed E-state index contributed by atoms with van der Waals surface area (Å²) in [5.74, 6) is 0.217. The van der Waals surface area contributed by atoms with Crippen LogP contribution < -0.4 is 16.2 Å². The third kappa shape index (κ3) is 8.06. The normalized spacial score (nSPS) is 14.1. The summed E-state index contributed by atoms with van der Waals surface area (Å²) >= 11 is 0. The molecule has 0 aliphatic rings. The minimum atomic E-state index is -0.527. The molecule has 32 heavy (non-hydrogen) atoms. The molecule has 0 fully saturated rings. The lowest BCUT2D eigenvalue weighted by Crippen LogP contribution is -2.33. The van der Waals surface area contributed by atoms with Crippen molar-refractivity contribution in [1.82, 2.24) is 0 Å². The lowest BCUT2D eigenvalue weighted by Gasteiger charge is -2.19. The summed E-state index contributed by atoms with van der Waals surface area (Å²) in [6.45, 7) is 9.69. The van der Waals surface area contributed by atoms with Crippen LogP contribution in [-0.2, 0) is 0 Å². The van der Waals surface area contributed by atoms with E-state index >= 15 is 0 Å². The molecule has 172 valence electrons. The van der Waals surface area contributed by atoms with Crippen LogP contribution in [0.15, 0.2) is 73.1 Å². The van der Waals surface area contributed by atoms with Gasteiger partial charge in [0.2, 0.25) is 0 Å². The second-order valence-electron chi connectivity index (χ2n) is 8.33. The highest BCUT2D eigenvalue weighted by atomic mass is 19.1. The fourth-order valence-corrected chi connectivity index (χ4v) is 3.22. The number of rotatable bonds is 11. The number of hydrogen-bond donors (Lipinski definition) is 2. The second-order valence-corrected chi connectivity index (χ2v) is 8.33. The summed E-state index contributed by atoms with van der Waals surface area (Å²) in [7, 11) is 0. The summed E-state index contributed by atoms with van der Waals surface area (Å²) < 4.78 is 32.6. The molecule has 5 heteroatoms. The molecule has 0 radical (unpaired) electrons. The Morgan fingerprint density at radius 3 is 2.31 bits per heavy atom. The molecule has 2 atom stereocenters. The quantitative estimate of drug-likeness (QED) is 0.397. The van der Waals surface area contributed by atoms with E-state index < -0.39 is 5.83 Å². The summed E-state index contributed by atoms with van der Waals surface area (Å²) in [5.41, 5.74) is 15.7. The van der Waals surface area contributed by atoms with Gasteiger partial charge in [-0.1, -0.05) is 44.7 Å². The van der Waals surface area contributed by atoms with Crippen LogP contribution in [0.3, 0.4) is 0 Å². The molecule has 0 bridgehead atoms. The molecule has 2 aromatic carbocycles. The summed E-state index contributed by atoms with van der Waals surface area (Å²) in [4.78, 5) is 0. The van der Waals surface area contributed by atoms with Crippen LogP contribution in [0, 0.1) is 11.7 Å². The molecule has 0 aromatic heterocycles. The van der Waals surface area contributed by atoms with Crippen molar-refractivity contribution in [2.45, 2.75) is 45.7 Å². The third-order valence-electron chi connectivity index (χ3n) is 5.36. The summed E-state index contributed by atoms with van der Waals surface area (Å²) in [5, 5.41) is 0. The third-order valence-corrected chi connectivity index (χ3v) is 5.36. The molecular formula is C27H34F2N2O. The largest absolute Gasteiger partial charge is 0.492 e. The molecule has 2 rings (SSSR count). The molecule has 2 aromatic rings. The fraction of sp³-hybridized carbons (Fsp3) is 0.333. The van der Waals surface area contributed by atoms with E-state index in [0.29, 0.717) is 18.3 Å². The van der Waals surface area contributed by atoms with Gasteiger partial charge >= 0.3 is 0 Å². The molecule has 0 spiro atoms. The van der Waals surface area contributed by atoms with E-state index in [9.17, 15) is 8.78 Å². The van der Waals surface area contributed by atoms with Gasteiger partial charge in [-0.05, 0) is 84.4 Å². The molecule has 0 heterocycles. The SMILES string of the molecule is C=C(F)/C=C\C(=C/C)c1cc(OC[C@@H](N)CCC(N)C(C)C)cc(-c2ccc(F)cc2)c1. The number of benzene rings is 2. The van der Waals surface area contributed by atoms with E-state index in [-0.39, 0.29) is 17.9 Å². The van der Waals surface area contributed by atoms with Gasteiger partial charge in [-0.25, -0.2) is 8.78 Å². The number of hydrogen-bond acceptors (Lipinski definition) is 3. The lowest BCUT2D eigenvalue weighted by atomic mass is 9.97. The van der Waals surface area contributed by atoms with Gasteiger partial charge in [0.05, 0.1) is 0 Å². The minimum Gasteiger partial charge on any atom is -0.492 e. The van der Waals surface area contributed by atoms with E-state index in [1.807, 2.05) is 31.2 Å². The van der Waals surface area contributed by atoms with Crippen molar-refractivity contribution < 1.29 is 13.5 Å². The van der Waals surface area contributed by atoms with Crippen LogP contribution in [0.25, 0.3) is 16.7 Å². The molecule has 1 unspecified atom stereocenters. The zero-order chi connectivity index (χ0) is 23.7. The first kappa shape index (κ1) is 25.5. The number of allylic oxidation sites excluding steroid dienone is 5. The maximum Gasteiger partial charge on any atom is 0.123 e. The zero-order valence-corrected chi connectivity index (χ0v) is 19.2. The van der Waals surface area contributed by atoms with Crippen LogP contribution in [0.5, 0.6) is 5.75 Å². The van der Waals surface area contributed by atoms with Crippen LogP contribution in [-0.4, -0.2) is 18.7 Å². The van der Waals surface area contributed by atoms with Crippen molar-refractivity contribution in [2.24, 2.45) is 17.4 Å². The van der Waals surface area contributed by atoms with Gasteiger partial charge in [0.15, 0.2) is 0 Å². The zero-order valence-electron chi connectivity index (χ0n) is 19.2. The van der Waals surface area contributed by atoms with Crippen molar-refractivity contribution in [1.29, 1.82) is 0 Å². The highest BCUT2D eigenvalue weighted by Gasteiger charge is 2.12. The van der Waals surface area contributed by atoms with Gasteiger partial charge in [0, 0.05) is 12.1 Å². The predicted molar refractivity (Wildman–Crippen MR) is 130 cm³/mol. The first-order valence-electron chi connectivity index (χ1n) is 10.9. The Labute approximate surface area is 190 Å². The smallest absolute Gasteiger partial charge is 0.123 e. The molecule has 0 saturated heterocycles. The van der Waals surface area contributed by atoms with Gasteiger partial charge < -0.3 is 16.2 Å².